The van der Waals surface area contributed by atoms with E-state index < -0.39 is 0 Å². The van der Waals surface area contributed by atoms with Crippen molar-refractivity contribution in [2.45, 2.75) is 52.1 Å². The van der Waals surface area contributed by atoms with Crippen LogP contribution in [0, 0.1) is 11.3 Å². The molecule has 0 saturated carbocycles. The van der Waals surface area contributed by atoms with E-state index in [4.69, 9.17) is 23.2 Å². The molecule has 178 valence electrons. The van der Waals surface area contributed by atoms with Gasteiger partial charge in [0.05, 0.1) is 12.7 Å². The normalized spacial score (nSPS) is 25.3. The maximum atomic E-state index is 13.7. The monoisotopic (exact) mass is 488 g/mol. The highest BCUT2D eigenvalue weighted by molar-refractivity contribution is 6.31. The number of nitrogens with one attached hydrogen (secondary N) is 3. The first-order valence-corrected chi connectivity index (χ1v) is 12.5. The van der Waals surface area contributed by atoms with Crippen molar-refractivity contribution >= 4 is 29.1 Å². The average molecular weight is 489 g/mol. The van der Waals surface area contributed by atoms with Gasteiger partial charge in [-0.25, -0.2) is 0 Å². The molecule has 7 heteroatoms. The van der Waals surface area contributed by atoms with Crippen molar-refractivity contribution in [2.24, 2.45) is 11.3 Å². The fraction of sp³-hybridized carbons (Fsp3) is 0.500. The van der Waals surface area contributed by atoms with Crippen LogP contribution in [0.2, 0.25) is 5.02 Å². The zero-order valence-corrected chi connectivity index (χ0v) is 21.3. The summed E-state index contributed by atoms with van der Waals surface area (Å²) < 4.78 is 0. The summed E-state index contributed by atoms with van der Waals surface area (Å²) in [5.41, 5.74) is 2.34. The zero-order valence-electron chi connectivity index (χ0n) is 19.8. The first kappa shape index (κ1) is 24.2. The number of fused-ring (bicyclic) bond motifs is 1. The quantitative estimate of drug-likeness (QED) is 0.561. The number of hydrogen-bond donors (Lipinski definition) is 3. The molecule has 2 aliphatic heterocycles. The minimum atomic E-state index is -0.309. The van der Waals surface area contributed by atoms with Gasteiger partial charge in [-0.05, 0) is 53.5 Å². The number of hydrogen-bond acceptors (Lipinski definition) is 4. The molecule has 0 aromatic heterocycles. The fourth-order valence-corrected chi connectivity index (χ4v) is 5.51. The summed E-state index contributed by atoms with van der Waals surface area (Å²) in [7, 11) is 0. The summed E-state index contributed by atoms with van der Waals surface area (Å²) in [6, 6.07) is 7.89. The Morgan fingerprint density at radius 1 is 1.18 bits per heavy atom. The number of halogens is 2. The number of benzene rings is 1. The van der Waals surface area contributed by atoms with E-state index in [2.05, 4.69) is 55.8 Å². The first-order valence-electron chi connectivity index (χ1n) is 11.7. The molecular formula is C26H34Cl2N4O. The van der Waals surface area contributed by atoms with E-state index in [1.807, 2.05) is 35.3 Å². The van der Waals surface area contributed by atoms with Gasteiger partial charge in [-0.2, -0.15) is 0 Å². The van der Waals surface area contributed by atoms with E-state index in [1.54, 1.807) is 0 Å². The molecule has 1 aliphatic carbocycles. The van der Waals surface area contributed by atoms with Gasteiger partial charge in [-0.15, -0.1) is 0 Å². The van der Waals surface area contributed by atoms with Crippen molar-refractivity contribution in [3.63, 3.8) is 0 Å². The largest absolute Gasteiger partial charge is 0.360 e. The van der Waals surface area contributed by atoms with Crippen LogP contribution in [0.3, 0.4) is 0 Å². The summed E-state index contributed by atoms with van der Waals surface area (Å²) >= 11 is 12.3. The molecule has 5 nitrogen and oxygen atoms in total. The standard InChI is InChI=1S/C26H34Cl2N4O/c1-16(2)23(31-24-20-10-9-19(28)13-22(20)29-15-30-24)25(33)32-12-11-21(26(3,4)14-32)17-5-7-18(27)8-6-17/h5-10,13,16,21-23,29-31H,11-12,14-15H2,1-4H3/t21?,22?,23-/m1/s1. The van der Waals surface area contributed by atoms with E-state index in [0.29, 0.717) is 12.6 Å². The molecule has 33 heavy (non-hydrogen) atoms. The summed E-state index contributed by atoms with van der Waals surface area (Å²) in [6.45, 7) is 10.8. The lowest BCUT2D eigenvalue weighted by Gasteiger charge is -2.46. The minimum absolute atomic E-state index is 0.0308. The van der Waals surface area contributed by atoms with Crippen molar-refractivity contribution < 1.29 is 4.79 Å². The van der Waals surface area contributed by atoms with E-state index in [1.165, 1.54) is 5.56 Å². The molecule has 1 fully saturated rings. The Bertz CT molecular complexity index is 981. The Morgan fingerprint density at radius 3 is 2.58 bits per heavy atom. The van der Waals surface area contributed by atoms with Gasteiger partial charge in [0.15, 0.2) is 0 Å². The van der Waals surface area contributed by atoms with E-state index in [0.717, 1.165) is 41.0 Å². The highest BCUT2D eigenvalue weighted by Crippen LogP contribution is 2.42. The fourth-order valence-electron chi connectivity index (χ4n) is 5.19. The van der Waals surface area contributed by atoms with Gasteiger partial charge in [-0.3, -0.25) is 10.1 Å². The molecule has 1 aromatic carbocycles. The number of allylic oxidation sites excluding steroid dienone is 2. The molecule has 0 bridgehead atoms. The maximum absolute atomic E-state index is 13.7. The van der Waals surface area contributed by atoms with E-state index in [9.17, 15) is 4.79 Å². The summed E-state index contributed by atoms with van der Waals surface area (Å²) in [6.07, 6.45) is 6.84. The van der Waals surface area contributed by atoms with E-state index >= 15 is 0 Å². The van der Waals surface area contributed by atoms with Crippen LogP contribution in [0.25, 0.3) is 0 Å². The second kappa shape index (κ2) is 9.73. The Labute approximate surface area is 207 Å². The van der Waals surface area contributed by atoms with Gasteiger partial charge in [0, 0.05) is 28.7 Å². The van der Waals surface area contributed by atoms with Crippen LogP contribution in [0.15, 0.2) is 58.9 Å². The Hall–Kier alpha value is -1.95. The van der Waals surface area contributed by atoms with Crippen LogP contribution < -0.4 is 16.0 Å². The molecule has 0 spiro atoms. The number of carbonyl (C=O) groups is 1. The summed E-state index contributed by atoms with van der Waals surface area (Å²) in [5, 5.41) is 11.8. The molecule has 3 aliphatic rings. The minimum Gasteiger partial charge on any atom is -0.360 e. The van der Waals surface area contributed by atoms with E-state index in [-0.39, 0.29) is 29.3 Å². The molecule has 2 unspecified atom stereocenters. The van der Waals surface area contributed by atoms with Crippen LogP contribution >= 0.6 is 23.2 Å². The lowest BCUT2D eigenvalue weighted by atomic mass is 9.70. The Kier molecular flexibility index (Phi) is 7.13. The van der Waals surface area contributed by atoms with Crippen LogP contribution in [0.5, 0.6) is 0 Å². The SMILES string of the molecule is CC(C)[C@@H](NC1=C2C=CC(Cl)=CC2NCN1)C(=O)N1CCC(c2ccc(Cl)cc2)C(C)(C)C1. The van der Waals surface area contributed by atoms with Gasteiger partial charge in [-0.1, -0.05) is 69.1 Å². The third kappa shape index (κ3) is 5.26. The van der Waals surface area contributed by atoms with Gasteiger partial charge < -0.3 is 15.5 Å². The third-order valence-electron chi connectivity index (χ3n) is 7.00. The Morgan fingerprint density at radius 2 is 1.91 bits per heavy atom. The van der Waals surface area contributed by atoms with Gasteiger partial charge in [0.1, 0.15) is 11.9 Å². The number of rotatable bonds is 5. The van der Waals surface area contributed by atoms with Crippen LogP contribution in [-0.2, 0) is 4.79 Å². The lowest BCUT2D eigenvalue weighted by Crippen LogP contribution is -2.57. The molecule has 4 rings (SSSR count). The topological polar surface area (TPSA) is 56.4 Å². The second-order valence-corrected chi connectivity index (χ2v) is 11.1. The number of carbonyl (C=O) groups excluding carboxylic acids is 1. The molecule has 1 aromatic rings. The Balaban J connectivity index is 1.50. The van der Waals surface area contributed by atoms with Crippen LogP contribution in [0.4, 0.5) is 0 Å². The summed E-state index contributed by atoms with van der Waals surface area (Å²) in [5.74, 6) is 1.60. The second-order valence-electron chi connectivity index (χ2n) is 10.3. The number of nitrogens with zero attached hydrogens (tertiary/aromatic N) is 1. The molecule has 3 atom stereocenters. The highest BCUT2D eigenvalue weighted by atomic mass is 35.5. The molecule has 0 radical (unpaired) electrons. The highest BCUT2D eigenvalue weighted by Gasteiger charge is 2.40. The molecule has 2 heterocycles. The van der Waals surface area contributed by atoms with Crippen molar-refractivity contribution in [3.05, 3.63) is 69.5 Å². The van der Waals surface area contributed by atoms with Crippen molar-refractivity contribution in [2.75, 3.05) is 19.8 Å². The van der Waals surface area contributed by atoms with Crippen LogP contribution in [-0.4, -0.2) is 42.6 Å². The number of amides is 1. The average Bonchev–Trinajstić information content (AvgIpc) is 2.76. The molecule has 3 N–H and O–H groups in total. The molecule has 1 saturated heterocycles. The first-order chi connectivity index (χ1) is 15.7. The van der Waals surface area contributed by atoms with Crippen LogP contribution in [0.1, 0.15) is 45.6 Å². The third-order valence-corrected chi connectivity index (χ3v) is 7.51. The summed E-state index contributed by atoms with van der Waals surface area (Å²) in [4.78, 5) is 15.8. The maximum Gasteiger partial charge on any atom is 0.245 e. The number of piperidine rings is 1. The predicted molar refractivity (Wildman–Crippen MR) is 136 cm³/mol. The van der Waals surface area contributed by atoms with Crippen molar-refractivity contribution in [1.29, 1.82) is 0 Å². The molecular weight excluding hydrogens is 455 g/mol. The van der Waals surface area contributed by atoms with Gasteiger partial charge >= 0.3 is 0 Å². The van der Waals surface area contributed by atoms with Gasteiger partial charge in [0.2, 0.25) is 5.91 Å². The smallest absolute Gasteiger partial charge is 0.245 e. The lowest BCUT2D eigenvalue weighted by molar-refractivity contribution is -0.138. The zero-order chi connectivity index (χ0) is 23.8. The van der Waals surface area contributed by atoms with Gasteiger partial charge in [0.25, 0.3) is 0 Å². The number of likely N-dealkylation sites (tertiary alicyclic amines) is 1. The van der Waals surface area contributed by atoms with Crippen molar-refractivity contribution in [3.8, 4) is 0 Å². The van der Waals surface area contributed by atoms with Crippen molar-refractivity contribution in [1.82, 2.24) is 20.9 Å². The predicted octanol–water partition coefficient (Wildman–Crippen LogP) is 4.72. The molecule has 1 amide bonds.